The number of rotatable bonds is 7. The standard InChI is InChI=1S/C20H22ClFN2O4S/c21-18-5-1-2-6-19(18)28-13-11-23-20(25)15-4-3-12-24(14-15)29(26,27)17-9-7-16(22)8-10-17/h1-2,5-10,15H,3-4,11-14H2,(H,23,25)/t15-/m0/s1. The number of para-hydroxylation sites is 1. The molecule has 2 aromatic carbocycles. The molecule has 0 bridgehead atoms. The number of carbonyl (C=O) groups excluding carboxylic acids is 1. The minimum atomic E-state index is -3.76. The molecule has 1 atom stereocenters. The second-order valence-corrected chi connectivity index (χ2v) is 9.07. The predicted molar refractivity (Wildman–Crippen MR) is 108 cm³/mol. The molecule has 2 aromatic rings. The quantitative estimate of drug-likeness (QED) is 0.671. The van der Waals surface area contributed by atoms with Crippen LogP contribution in [-0.4, -0.2) is 44.9 Å². The van der Waals surface area contributed by atoms with Crippen molar-refractivity contribution in [2.75, 3.05) is 26.2 Å². The minimum absolute atomic E-state index is 0.0214. The lowest BCUT2D eigenvalue weighted by molar-refractivity contribution is -0.126. The molecule has 1 N–H and O–H groups in total. The van der Waals surface area contributed by atoms with Crippen LogP contribution >= 0.6 is 11.6 Å². The van der Waals surface area contributed by atoms with Gasteiger partial charge in [0.05, 0.1) is 22.4 Å². The van der Waals surface area contributed by atoms with Crippen molar-refractivity contribution in [3.63, 3.8) is 0 Å². The van der Waals surface area contributed by atoms with Gasteiger partial charge in [-0.2, -0.15) is 4.31 Å². The van der Waals surface area contributed by atoms with E-state index in [-0.39, 0.29) is 30.5 Å². The topological polar surface area (TPSA) is 75.7 Å². The maximum atomic E-state index is 13.1. The van der Waals surface area contributed by atoms with Crippen LogP contribution in [0.15, 0.2) is 53.4 Å². The van der Waals surface area contributed by atoms with Crippen LogP contribution in [0.1, 0.15) is 12.8 Å². The van der Waals surface area contributed by atoms with Crippen molar-refractivity contribution in [2.45, 2.75) is 17.7 Å². The summed E-state index contributed by atoms with van der Waals surface area (Å²) < 4.78 is 45.4. The molecule has 29 heavy (non-hydrogen) atoms. The molecule has 9 heteroatoms. The van der Waals surface area contributed by atoms with Crippen molar-refractivity contribution in [1.29, 1.82) is 0 Å². The van der Waals surface area contributed by atoms with Crippen LogP contribution in [-0.2, 0) is 14.8 Å². The zero-order valence-corrected chi connectivity index (χ0v) is 17.3. The predicted octanol–water partition coefficient (Wildman–Crippen LogP) is 3.08. The lowest BCUT2D eigenvalue weighted by Crippen LogP contribution is -2.45. The molecule has 1 heterocycles. The largest absolute Gasteiger partial charge is 0.490 e. The summed E-state index contributed by atoms with van der Waals surface area (Å²) >= 11 is 6.01. The van der Waals surface area contributed by atoms with Crippen molar-refractivity contribution in [2.24, 2.45) is 5.92 Å². The highest BCUT2D eigenvalue weighted by Gasteiger charge is 2.33. The summed E-state index contributed by atoms with van der Waals surface area (Å²) in [5.74, 6) is -0.623. The third-order valence-electron chi connectivity index (χ3n) is 4.70. The second-order valence-electron chi connectivity index (χ2n) is 6.73. The molecule has 1 fully saturated rings. The molecule has 0 aromatic heterocycles. The molecule has 6 nitrogen and oxygen atoms in total. The minimum Gasteiger partial charge on any atom is -0.490 e. The molecule has 1 aliphatic rings. The fraction of sp³-hybridized carbons (Fsp3) is 0.350. The molecular formula is C20H22ClFN2O4S. The molecule has 0 aliphatic carbocycles. The molecular weight excluding hydrogens is 419 g/mol. The Morgan fingerprint density at radius 1 is 1.21 bits per heavy atom. The molecule has 1 saturated heterocycles. The Morgan fingerprint density at radius 2 is 1.93 bits per heavy atom. The molecule has 1 amide bonds. The van der Waals surface area contributed by atoms with Crippen LogP contribution in [0.3, 0.4) is 0 Å². The fourth-order valence-corrected chi connectivity index (χ4v) is 4.89. The number of nitrogens with one attached hydrogen (secondary N) is 1. The third-order valence-corrected chi connectivity index (χ3v) is 6.89. The van der Waals surface area contributed by atoms with Crippen molar-refractivity contribution in [1.82, 2.24) is 9.62 Å². The van der Waals surface area contributed by atoms with E-state index >= 15 is 0 Å². The van der Waals surface area contributed by atoms with E-state index in [2.05, 4.69) is 5.32 Å². The van der Waals surface area contributed by atoms with Crippen LogP contribution in [0.4, 0.5) is 4.39 Å². The number of sulfonamides is 1. The molecule has 3 rings (SSSR count). The highest BCUT2D eigenvalue weighted by Crippen LogP contribution is 2.24. The summed E-state index contributed by atoms with van der Waals surface area (Å²) in [6.45, 7) is 0.959. The summed E-state index contributed by atoms with van der Waals surface area (Å²) in [5, 5.41) is 3.28. The Balaban J connectivity index is 1.52. The molecule has 0 radical (unpaired) electrons. The molecule has 0 unspecified atom stereocenters. The van der Waals surface area contributed by atoms with Gasteiger partial charge in [0.2, 0.25) is 15.9 Å². The van der Waals surface area contributed by atoms with Gasteiger partial charge >= 0.3 is 0 Å². The van der Waals surface area contributed by atoms with Gasteiger partial charge in [-0.15, -0.1) is 0 Å². The van der Waals surface area contributed by atoms with E-state index in [0.29, 0.717) is 30.2 Å². The monoisotopic (exact) mass is 440 g/mol. The van der Waals surface area contributed by atoms with Gasteiger partial charge in [-0.25, -0.2) is 12.8 Å². The fourth-order valence-electron chi connectivity index (χ4n) is 3.17. The van der Waals surface area contributed by atoms with Crippen LogP contribution in [0.25, 0.3) is 0 Å². The lowest BCUT2D eigenvalue weighted by atomic mass is 9.99. The van der Waals surface area contributed by atoms with Gasteiger partial charge in [-0.3, -0.25) is 4.79 Å². The number of benzene rings is 2. The van der Waals surface area contributed by atoms with Crippen LogP contribution in [0.5, 0.6) is 5.75 Å². The van der Waals surface area contributed by atoms with Crippen LogP contribution in [0, 0.1) is 11.7 Å². The Hall–Kier alpha value is -2.16. The van der Waals surface area contributed by atoms with Crippen molar-refractivity contribution < 1.29 is 22.3 Å². The van der Waals surface area contributed by atoms with E-state index in [9.17, 15) is 17.6 Å². The van der Waals surface area contributed by atoms with E-state index < -0.39 is 21.8 Å². The van der Waals surface area contributed by atoms with Crippen molar-refractivity contribution >= 4 is 27.5 Å². The third kappa shape index (κ3) is 5.46. The van der Waals surface area contributed by atoms with E-state index in [0.717, 1.165) is 12.1 Å². The summed E-state index contributed by atoms with van der Waals surface area (Å²) in [7, 11) is -3.76. The summed E-state index contributed by atoms with van der Waals surface area (Å²) in [6.07, 6.45) is 1.18. The number of halogens is 2. The van der Waals surface area contributed by atoms with Crippen molar-refractivity contribution in [3.05, 3.63) is 59.4 Å². The Bertz CT molecular complexity index is 953. The number of ether oxygens (including phenoxy) is 1. The molecule has 0 spiro atoms. The Kier molecular flexibility index (Phi) is 7.10. The van der Waals surface area contributed by atoms with Gasteiger partial charge in [0.25, 0.3) is 0 Å². The van der Waals surface area contributed by atoms with Gasteiger partial charge in [-0.1, -0.05) is 23.7 Å². The SMILES string of the molecule is O=C(NCCOc1ccccc1Cl)[C@H]1CCCN(S(=O)(=O)c2ccc(F)cc2)C1. The second kappa shape index (κ2) is 9.56. The van der Waals surface area contributed by atoms with Gasteiger partial charge in [0.15, 0.2) is 0 Å². The molecule has 1 aliphatic heterocycles. The van der Waals surface area contributed by atoms with Gasteiger partial charge in [0, 0.05) is 13.1 Å². The van der Waals surface area contributed by atoms with E-state index in [1.54, 1.807) is 24.3 Å². The van der Waals surface area contributed by atoms with E-state index in [4.69, 9.17) is 16.3 Å². The summed E-state index contributed by atoms with van der Waals surface area (Å²) in [5.41, 5.74) is 0. The number of amides is 1. The normalized spacial score (nSPS) is 17.7. The first-order valence-corrected chi connectivity index (χ1v) is 11.1. The average Bonchev–Trinajstić information content (AvgIpc) is 2.72. The lowest BCUT2D eigenvalue weighted by Gasteiger charge is -2.31. The van der Waals surface area contributed by atoms with Gasteiger partial charge in [-0.05, 0) is 49.2 Å². The van der Waals surface area contributed by atoms with Gasteiger partial charge in [0.1, 0.15) is 18.2 Å². The first kappa shape index (κ1) is 21.5. The number of hydrogen-bond acceptors (Lipinski definition) is 4. The Morgan fingerprint density at radius 3 is 2.66 bits per heavy atom. The molecule has 156 valence electrons. The van der Waals surface area contributed by atoms with Crippen LogP contribution < -0.4 is 10.1 Å². The zero-order chi connectivity index (χ0) is 20.9. The van der Waals surface area contributed by atoms with Gasteiger partial charge < -0.3 is 10.1 Å². The number of carbonyl (C=O) groups is 1. The van der Waals surface area contributed by atoms with E-state index in [1.807, 2.05) is 0 Å². The first-order valence-electron chi connectivity index (χ1n) is 9.28. The highest BCUT2D eigenvalue weighted by atomic mass is 35.5. The first-order chi connectivity index (χ1) is 13.9. The maximum absolute atomic E-state index is 13.1. The molecule has 0 saturated carbocycles. The number of hydrogen-bond donors (Lipinski definition) is 1. The zero-order valence-electron chi connectivity index (χ0n) is 15.7. The van der Waals surface area contributed by atoms with E-state index in [1.165, 1.54) is 16.4 Å². The smallest absolute Gasteiger partial charge is 0.243 e. The van der Waals surface area contributed by atoms with Crippen LogP contribution in [0.2, 0.25) is 5.02 Å². The number of nitrogens with zero attached hydrogens (tertiary/aromatic N) is 1. The summed E-state index contributed by atoms with van der Waals surface area (Å²) in [4.78, 5) is 12.5. The highest BCUT2D eigenvalue weighted by molar-refractivity contribution is 7.89. The average molecular weight is 441 g/mol. The van der Waals surface area contributed by atoms with Crippen molar-refractivity contribution in [3.8, 4) is 5.75 Å². The number of piperidine rings is 1. The Labute approximate surface area is 174 Å². The maximum Gasteiger partial charge on any atom is 0.243 e. The summed E-state index contributed by atoms with van der Waals surface area (Å²) in [6, 6.07) is 11.8.